The zero-order valence-corrected chi connectivity index (χ0v) is 6.72. The van der Waals surface area contributed by atoms with Crippen molar-refractivity contribution in [3.05, 3.63) is 12.4 Å². The second-order valence-corrected chi connectivity index (χ2v) is 1.86. The van der Waals surface area contributed by atoms with E-state index in [1.165, 1.54) is 0 Å². The fourth-order valence-corrected chi connectivity index (χ4v) is 0.487. The van der Waals surface area contributed by atoms with Gasteiger partial charge in [0.15, 0.2) is 0 Å². The molecule has 0 heterocycles. The minimum Gasteiger partial charge on any atom is -0.362 e. The van der Waals surface area contributed by atoms with Crippen LogP contribution in [0.2, 0.25) is 0 Å². The summed E-state index contributed by atoms with van der Waals surface area (Å²) < 4.78 is 4.92. The molecule has 0 aliphatic carbocycles. The van der Waals surface area contributed by atoms with Gasteiger partial charge in [0.05, 0.1) is 0 Å². The van der Waals surface area contributed by atoms with E-state index in [0.717, 1.165) is 0 Å². The third-order valence-electron chi connectivity index (χ3n) is 1.01. The second kappa shape index (κ2) is 4.99. The Morgan fingerprint density at radius 2 is 2.40 bits per heavy atom. The maximum atomic E-state index is 4.92. The highest BCUT2D eigenvalue weighted by atomic mass is 16.5. The lowest BCUT2D eigenvalue weighted by atomic mass is 10.6. The van der Waals surface area contributed by atoms with Crippen molar-refractivity contribution in [3.8, 4) is 0 Å². The van der Waals surface area contributed by atoms with Gasteiger partial charge in [0.2, 0.25) is 0 Å². The molecule has 0 aromatic carbocycles. The van der Waals surface area contributed by atoms with Gasteiger partial charge in [-0.3, -0.25) is 0 Å². The molecule has 0 unspecified atom stereocenters. The van der Waals surface area contributed by atoms with Crippen molar-refractivity contribution in [2.75, 3.05) is 7.11 Å². The highest BCUT2D eigenvalue weighted by Crippen LogP contribution is 1.89. The van der Waals surface area contributed by atoms with Crippen molar-refractivity contribution in [2.24, 2.45) is 4.99 Å². The van der Waals surface area contributed by atoms with Crippen LogP contribution in [0.3, 0.4) is 0 Å². The molecule has 1 atom stereocenters. The fourth-order valence-electron chi connectivity index (χ4n) is 0.487. The maximum absolute atomic E-state index is 4.92. The molecule has 0 amide bonds. The van der Waals surface area contributed by atoms with Gasteiger partial charge in [0.25, 0.3) is 0 Å². The minimum atomic E-state index is -0.0313. The normalized spacial score (nSPS) is 13.5. The summed E-state index contributed by atoms with van der Waals surface area (Å²) in [5.74, 6) is 0.622. The van der Waals surface area contributed by atoms with Gasteiger partial charge in [-0.05, 0) is 13.8 Å². The molecule has 0 saturated heterocycles. The van der Waals surface area contributed by atoms with Crippen molar-refractivity contribution < 1.29 is 4.74 Å². The van der Waals surface area contributed by atoms with E-state index in [9.17, 15) is 0 Å². The number of methoxy groups -OCH3 is 1. The van der Waals surface area contributed by atoms with Gasteiger partial charge in [-0.1, -0.05) is 6.58 Å². The second-order valence-electron chi connectivity index (χ2n) is 1.86. The molecule has 0 aliphatic rings. The highest BCUT2D eigenvalue weighted by molar-refractivity contribution is 5.54. The SMILES string of the molecule is C=C(N=CC)N[C@@H](C)OC. The number of rotatable bonds is 4. The smallest absolute Gasteiger partial charge is 0.125 e. The van der Waals surface area contributed by atoms with Crippen molar-refractivity contribution in [1.82, 2.24) is 5.32 Å². The predicted octanol–water partition coefficient (Wildman–Crippen LogP) is 1.13. The van der Waals surface area contributed by atoms with Crippen LogP contribution in [-0.2, 0) is 4.74 Å². The highest BCUT2D eigenvalue weighted by Gasteiger charge is 1.95. The number of aliphatic imine (C=N–C) groups is 1. The monoisotopic (exact) mass is 142 g/mol. The van der Waals surface area contributed by atoms with Gasteiger partial charge in [0.1, 0.15) is 12.0 Å². The first-order valence-corrected chi connectivity index (χ1v) is 3.17. The molecule has 0 rings (SSSR count). The summed E-state index contributed by atoms with van der Waals surface area (Å²) in [5.41, 5.74) is 0. The third-order valence-corrected chi connectivity index (χ3v) is 1.01. The van der Waals surface area contributed by atoms with Crippen LogP contribution in [0.25, 0.3) is 0 Å². The van der Waals surface area contributed by atoms with Crippen LogP contribution in [0.4, 0.5) is 0 Å². The lowest BCUT2D eigenvalue weighted by Gasteiger charge is -2.11. The van der Waals surface area contributed by atoms with Crippen LogP contribution < -0.4 is 5.32 Å². The fraction of sp³-hybridized carbons (Fsp3) is 0.571. The average Bonchev–Trinajstić information content (AvgIpc) is 1.88. The molecule has 58 valence electrons. The van der Waals surface area contributed by atoms with Crippen LogP contribution in [0.15, 0.2) is 17.4 Å². The van der Waals surface area contributed by atoms with Crippen LogP contribution in [0, 0.1) is 0 Å². The van der Waals surface area contributed by atoms with E-state index in [2.05, 4.69) is 16.9 Å². The first-order valence-electron chi connectivity index (χ1n) is 3.17. The molecule has 0 spiro atoms. The van der Waals surface area contributed by atoms with E-state index < -0.39 is 0 Å². The van der Waals surface area contributed by atoms with E-state index in [4.69, 9.17) is 4.74 Å². The molecule has 0 saturated carbocycles. The molecule has 0 radical (unpaired) electrons. The summed E-state index contributed by atoms with van der Waals surface area (Å²) in [7, 11) is 1.63. The summed E-state index contributed by atoms with van der Waals surface area (Å²) in [6, 6.07) is 0. The van der Waals surface area contributed by atoms with Gasteiger partial charge in [0, 0.05) is 13.3 Å². The summed E-state index contributed by atoms with van der Waals surface area (Å²) in [6.07, 6.45) is 1.65. The Morgan fingerprint density at radius 3 is 2.80 bits per heavy atom. The van der Waals surface area contributed by atoms with E-state index in [-0.39, 0.29) is 6.23 Å². The lowest BCUT2D eigenvalue weighted by molar-refractivity contribution is 0.0983. The molecular formula is C7H14N2O. The topological polar surface area (TPSA) is 33.6 Å². The molecule has 0 bridgehead atoms. The molecule has 0 aliphatic heterocycles. The van der Waals surface area contributed by atoms with Gasteiger partial charge in [-0.15, -0.1) is 0 Å². The molecule has 10 heavy (non-hydrogen) atoms. The van der Waals surface area contributed by atoms with Gasteiger partial charge in [-0.25, -0.2) is 4.99 Å². The molecule has 3 nitrogen and oxygen atoms in total. The number of hydrogen-bond acceptors (Lipinski definition) is 3. The Bertz CT molecular complexity index is 132. The van der Waals surface area contributed by atoms with E-state index in [1.54, 1.807) is 13.3 Å². The van der Waals surface area contributed by atoms with Crippen molar-refractivity contribution >= 4 is 6.21 Å². The van der Waals surface area contributed by atoms with Crippen molar-refractivity contribution in [3.63, 3.8) is 0 Å². The van der Waals surface area contributed by atoms with Gasteiger partial charge >= 0.3 is 0 Å². The molecule has 1 N–H and O–H groups in total. The number of hydrogen-bond donors (Lipinski definition) is 1. The Labute approximate surface area is 61.8 Å². The van der Waals surface area contributed by atoms with E-state index >= 15 is 0 Å². The molecule has 0 aromatic heterocycles. The molecule has 0 fully saturated rings. The third kappa shape index (κ3) is 4.09. The van der Waals surface area contributed by atoms with Crippen molar-refractivity contribution in [1.29, 1.82) is 0 Å². The summed E-state index contributed by atoms with van der Waals surface area (Å²) in [4.78, 5) is 3.90. The number of nitrogens with zero attached hydrogens (tertiary/aromatic N) is 1. The van der Waals surface area contributed by atoms with Crippen LogP contribution in [0.5, 0.6) is 0 Å². The standard InChI is InChI=1S/C7H14N2O/c1-5-8-6(2)9-7(3)10-4/h5,7,9H,2H2,1,3-4H3/t7-/m1/s1. The Kier molecular flexibility index (Phi) is 4.58. The Hall–Kier alpha value is -0.830. The first kappa shape index (κ1) is 9.17. The van der Waals surface area contributed by atoms with Gasteiger partial charge in [-0.2, -0.15) is 0 Å². The Morgan fingerprint density at radius 1 is 1.80 bits per heavy atom. The summed E-state index contributed by atoms with van der Waals surface area (Å²) in [6.45, 7) is 7.37. The van der Waals surface area contributed by atoms with Gasteiger partial charge < -0.3 is 10.1 Å². The first-order chi connectivity index (χ1) is 4.70. The van der Waals surface area contributed by atoms with Crippen LogP contribution in [-0.4, -0.2) is 19.6 Å². The molecular weight excluding hydrogens is 128 g/mol. The lowest BCUT2D eigenvalue weighted by Crippen LogP contribution is -2.25. The van der Waals surface area contributed by atoms with E-state index in [0.29, 0.717) is 5.82 Å². The van der Waals surface area contributed by atoms with Crippen LogP contribution in [0.1, 0.15) is 13.8 Å². The molecule has 0 aromatic rings. The zero-order valence-electron chi connectivity index (χ0n) is 6.72. The average molecular weight is 142 g/mol. The molecule has 3 heteroatoms. The Balaban J connectivity index is 3.57. The zero-order chi connectivity index (χ0) is 7.98. The summed E-state index contributed by atoms with van der Waals surface area (Å²) in [5, 5.41) is 2.92. The number of ether oxygens (including phenoxy) is 1. The predicted molar refractivity (Wildman–Crippen MR) is 42.9 cm³/mol. The quantitative estimate of drug-likeness (QED) is 0.471. The maximum Gasteiger partial charge on any atom is 0.125 e. The van der Waals surface area contributed by atoms with E-state index in [1.807, 2.05) is 13.8 Å². The largest absolute Gasteiger partial charge is 0.362 e. The minimum absolute atomic E-state index is 0.0313. The van der Waals surface area contributed by atoms with Crippen molar-refractivity contribution in [2.45, 2.75) is 20.1 Å². The summed E-state index contributed by atoms with van der Waals surface area (Å²) >= 11 is 0. The number of nitrogens with one attached hydrogen (secondary N) is 1. The van der Waals surface area contributed by atoms with Crippen LogP contribution >= 0.6 is 0 Å².